The maximum atomic E-state index is 10.5. The fraction of sp³-hybridized carbons (Fsp3) is 0.714. The van der Waals surface area contributed by atoms with E-state index in [4.69, 9.17) is 11.5 Å². The number of nitrogens with two attached hydrogens (primary N) is 2. The van der Waals surface area contributed by atoms with Crippen LogP contribution in [0.5, 0.6) is 0 Å². The molecule has 4 nitrogen and oxygen atoms in total. The summed E-state index contributed by atoms with van der Waals surface area (Å²) in [5.74, 6) is 0.182. The van der Waals surface area contributed by atoms with Gasteiger partial charge in [-0.2, -0.15) is 0 Å². The second-order valence-corrected chi connectivity index (χ2v) is 2.79. The molecular formula is C7H15N3O. The van der Waals surface area contributed by atoms with Crippen molar-refractivity contribution in [2.75, 3.05) is 0 Å². The minimum absolute atomic E-state index is 0.164. The molecule has 0 spiro atoms. The van der Waals surface area contributed by atoms with Gasteiger partial charge in [-0.25, -0.2) is 0 Å². The van der Waals surface area contributed by atoms with Gasteiger partial charge < -0.3 is 11.5 Å². The third kappa shape index (κ3) is 3.60. The first-order chi connectivity index (χ1) is 4.95. The minimum atomic E-state index is -0.516. The van der Waals surface area contributed by atoms with Crippen LogP contribution in [0.15, 0.2) is 4.99 Å². The van der Waals surface area contributed by atoms with E-state index in [2.05, 4.69) is 4.99 Å². The number of nitrogens with zero attached hydrogens (tertiary/aromatic N) is 1. The summed E-state index contributed by atoms with van der Waals surface area (Å²) in [5.41, 5.74) is 10.5. The number of aliphatic imine (C=N–C) groups is 1. The van der Waals surface area contributed by atoms with Gasteiger partial charge in [0, 0.05) is 5.92 Å². The van der Waals surface area contributed by atoms with Crippen LogP contribution in [0.25, 0.3) is 0 Å². The van der Waals surface area contributed by atoms with Gasteiger partial charge in [0.1, 0.15) is 6.04 Å². The van der Waals surface area contributed by atoms with Gasteiger partial charge in [0.25, 0.3) is 0 Å². The number of amidine groups is 1. The largest absolute Gasteiger partial charge is 0.387 e. The van der Waals surface area contributed by atoms with E-state index in [1.165, 1.54) is 0 Å². The standard InChI is InChI=1S/C7H15N3O/c1-4(2)6(8)10-5(3)7(9)11/h4-5H,1-3H3,(H2,8,10)(H2,9,11). The predicted octanol–water partition coefficient (Wildman–Crippen LogP) is -0.127. The average molecular weight is 157 g/mol. The van der Waals surface area contributed by atoms with Gasteiger partial charge in [0.2, 0.25) is 5.91 Å². The number of amides is 1. The van der Waals surface area contributed by atoms with Gasteiger partial charge in [-0.15, -0.1) is 0 Å². The second-order valence-electron chi connectivity index (χ2n) is 2.79. The lowest BCUT2D eigenvalue weighted by Crippen LogP contribution is -2.28. The molecule has 0 saturated carbocycles. The summed E-state index contributed by atoms with van der Waals surface area (Å²) in [5, 5.41) is 0. The zero-order valence-electron chi connectivity index (χ0n) is 7.16. The molecule has 1 atom stereocenters. The van der Waals surface area contributed by atoms with Crippen LogP contribution >= 0.6 is 0 Å². The summed E-state index contributed by atoms with van der Waals surface area (Å²) in [6, 6.07) is -0.516. The monoisotopic (exact) mass is 157 g/mol. The van der Waals surface area contributed by atoms with Gasteiger partial charge >= 0.3 is 0 Å². The molecule has 0 aliphatic carbocycles. The molecule has 0 heterocycles. The highest BCUT2D eigenvalue weighted by molar-refractivity contribution is 5.87. The zero-order chi connectivity index (χ0) is 9.02. The summed E-state index contributed by atoms with van der Waals surface area (Å²) in [6.45, 7) is 5.44. The van der Waals surface area contributed by atoms with E-state index in [9.17, 15) is 4.79 Å². The number of hydrogen-bond donors (Lipinski definition) is 2. The molecule has 4 N–H and O–H groups in total. The van der Waals surface area contributed by atoms with Gasteiger partial charge in [-0.05, 0) is 6.92 Å². The Hall–Kier alpha value is -1.06. The normalized spacial score (nSPS) is 15.1. The van der Waals surface area contributed by atoms with E-state index in [0.717, 1.165) is 0 Å². The number of hydrogen-bond acceptors (Lipinski definition) is 2. The fourth-order valence-electron chi connectivity index (χ4n) is 0.436. The Labute approximate surface area is 66.7 Å². The summed E-state index contributed by atoms with van der Waals surface area (Å²) in [6.07, 6.45) is 0. The van der Waals surface area contributed by atoms with Crippen LogP contribution < -0.4 is 11.5 Å². The molecule has 64 valence electrons. The van der Waals surface area contributed by atoms with E-state index in [0.29, 0.717) is 5.84 Å². The first-order valence-corrected chi connectivity index (χ1v) is 3.57. The van der Waals surface area contributed by atoms with Crippen LogP contribution in [0.3, 0.4) is 0 Å². The topological polar surface area (TPSA) is 81.5 Å². The second kappa shape index (κ2) is 3.95. The van der Waals surface area contributed by atoms with Gasteiger partial charge in [-0.1, -0.05) is 13.8 Å². The first-order valence-electron chi connectivity index (χ1n) is 3.57. The molecular weight excluding hydrogens is 142 g/mol. The summed E-state index contributed by atoms with van der Waals surface area (Å²) in [4.78, 5) is 14.4. The van der Waals surface area contributed by atoms with Crippen molar-refractivity contribution in [3.8, 4) is 0 Å². The lowest BCUT2D eigenvalue weighted by atomic mass is 10.2. The molecule has 0 aliphatic heterocycles. The number of rotatable bonds is 3. The highest BCUT2D eigenvalue weighted by atomic mass is 16.1. The Balaban J connectivity index is 4.19. The average Bonchev–Trinajstić information content (AvgIpc) is 1.87. The maximum Gasteiger partial charge on any atom is 0.242 e. The van der Waals surface area contributed by atoms with E-state index >= 15 is 0 Å². The van der Waals surface area contributed by atoms with Crippen molar-refractivity contribution in [3.05, 3.63) is 0 Å². The minimum Gasteiger partial charge on any atom is -0.387 e. The van der Waals surface area contributed by atoms with Crippen LogP contribution in [-0.4, -0.2) is 17.8 Å². The highest BCUT2D eigenvalue weighted by Gasteiger charge is 2.07. The van der Waals surface area contributed by atoms with Crippen LogP contribution in [0, 0.1) is 5.92 Å². The predicted molar refractivity (Wildman–Crippen MR) is 45.1 cm³/mol. The molecule has 0 aliphatic rings. The summed E-state index contributed by atoms with van der Waals surface area (Å²) >= 11 is 0. The molecule has 0 saturated heterocycles. The van der Waals surface area contributed by atoms with E-state index in [1.807, 2.05) is 13.8 Å². The molecule has 1 unspecified atom stereocenters. The van der Waals surface area contributed by atoms with Crippen molar-refractivity contribution in [2.24, 2.45) is 22.4 Å². The summed E-state index contributed by atoms with van der Waals surface area (Å²) < 4.78 is 0. The molecule has 0 aromatic carbocycles. The van der Waals surface area contributed by atoms with Crippen LogP contribution in [0.4, 0.5) is 0 Å². The Morgan fingerprint density at radius 1 is 1.27 bits per heavy atom. The van der Waals surface area contributed by atoms with E-state index in [-0.39, 0.29) is 5.92 Å². The Bertz CT molecular complexity index is 175. The van der Waals surface area contributed by atoms with Gasteiger partial charge in [0.15, 0.2) is 0 Å². The van der Waals surface area contributed by atoms with E-state index in [1.54, 1.807) is 6.92 Å². The number of carbonyl (C=O) groups excluding carboxylic acids is 1. The summed E-state index contributed by atoms with van der Waals surface area (Å²) in [7, 11) is 0. The maximum absolute atomic E-state index is 10.5. The quantitative estimate of drug-likeness (QED) is 0.442. The number of carbonyl (C=O) groups is 1. The Morgan fingerprint density at radius 3 is 2.00 bits per heavy atom. The molecule has 0 bridgehead atoms. The molecule has 0 fully saturated rings. The lowest BCUT2D eigenvalue weighted by Gasteiger charge is -2.06. The molecule has 0 radical (unpaired) electrons. The Morgan fingerprint density at radius 2 is 1.73 bits per heavy atom. The third-order valence-corrected chi connectivity index (χ3v) is 1.35. The van der Waals surface area contributed by atoms with Crippen LogP contribution in [0.1, 0.15) is 20.8 Å². The van der Waals surface area contributed by atoms with Gasteiger partial charge in [-0.3, -0.25) is 9.79 Å². The molecule has 0 aromatic rings. The Kier molecular flexibility index (Phi) is 3.57. The fourth-order valence-corrected chi connectivity index (χ4v) is 0.436. The third-order valence-electron chi connectivity index (χ3n) is 1.35. The van der Waals surface area contributed by atoms with Crippen LogP contribution in [0.2, 0.25) is 0 Å². The van der Waals surface area contributed by atoms with Crippen molar-refractivity contribution in [2.45, 2.75) is 26.8 Å². The van der Waals surface area contributed by atoms with Crippen molar-refractivity contribution in [1.29, 1.82) is 0 Å². The van der Waals surface area contributed by atoms with Crippen molar-refractivity contribution >= 4 is 11.7 Å². The van der Waals surface area contributed by atoms with Gasteiger partial charge in [0.05, 0.1) is 5.84 Å². The highest BCUT2D eigenvalue weighted by Crippen LogP contribution is 1.95. The molecule has 0 aromatic heterocycles. The number of primary amides is 1. The molecule has 11 heavy (non-hydrogen) atoms. The SMILES string of the molecule is CC(C)C(N)=NC(C)C(N)=O. The molecule has 1 amide bonds. The smallest absolute Gasteiger partial charge is 0.242 e. The lowest BCUT2D eigenvalue weighted by molar-refractivity contribution is -0.118. The van der Waals surface area contributed by atoms with Crippen LogP contribution in [-0.2, 0) is 4.79 Å². The van der Waals surface area contributed by atoms with Crippen molar-refractivity contribution in [3.63, 3.8) is 0 Å². The van der Waals surface area contributed by atoms with Crippen molar-refractivity contribution in [1.82, 2.24) is 0 Å². The first kappa shape index (κ1) is 9.94. The van der Waals surface area contributed by atoms with Crippen molar-refractivity contribution < 1.29 is 4.79 Å². The molecule has 0 rings (SSSR count). The zero-order valence-corrected chi connectivity index (χ0v) is 7.16. The molecule has 4 heteroatoms. The van der Waals surface area contributed by atoms with E-state index < -0.39 is 11.9 Å².